The van der Waals surface area contributed by atoms with E-state index in [-0.39, 0.29) is 18.1 Å². The van der Waals surface area contributed by atoms with E-state index in [2.05, 4.69) is 16.0 Å². The van der Waals surface area contributed by atoms with Crippen molar-refractivity contribution in [2.24, 2.45) is 12.8 Å². The van der Waals surface area contributed by atoms with Gasteiger partial charge in [0.2, 0.25) is 5.95 Å². The number of nitriles is 1. The van der Waals surface area contributed by atoms with E-state index in [1.54, 1.807) is 11.6 Å². The molecule has 9 heteroatoms. The lowest BCUT2D eigenvalue weighted by Gasteiger charge is -2.33. The second-order valence-electron chi connectivity index (χ2n) is 7.09. The lowest BCUT2D eigenvalue weighted by atomic mass is 10.1. The van der Waals surface area contributed by atoms with Crippen LogP contribution in [0, 0.1) is 17.1 Å². The smallest absolute Gasteiger partial charge is 0.281 e. The van der Waals surface area contributed by atoms with Gasteiger partial charge in [0, 0.05) is 26.2 Å². The average Bonchev–Trinajstić information content (AvgIpc) is 3.05. The zero-order valence-electron chi connectivity index (χ0n) is 15.5. The molecule has 0 unspecified atom stereocenters. The summed E-state index contributed by atoms with van der Waals surface area (Å²) in [6.45, 7) is 1.32. The molecule has 2 N–H and O–H groups in total. The molecular formula is C19H20FN7O. The summed E-state index contributed by atoms with van der Waals surface area (Å²) in [5.41, 5.74) is 7.30. The molecule has 0 aliphatic carbocycles. The average molecular weight is 381 g/mol. The van der Waals surface area contributed by atoms with Crippen LogP contribution >= 0.6 is 0 Å². The number of benzene rings is 1. The van der Waals surface area contributed by atoms with Crippen LogP contribution in [0.1, 0.15) is 24.0 Å². The molecular weight excluding hydrogens is 361 g/mol. The Kier molecular flexibility index (Phi) is 4.57. The molecule has 4 rings (SSSR count). The van der Waals surface area contributed by atoms with Gasteiger partial charge in [-0.25, -0.2) is 9.37 Å². The fourth-order valence-corrected chi connectivity index (χ4v) is 3.67. The van der Waals surface area contributed by atoms with E-state index in [0.29, 0.717) is 41.3 Å². The normalized spacial score (nSPS) is 17.1. The Balaban J connectivity index is 1.90. The van der Waals surface area contributed by atoms with Crippen LogP contribution in [0.3, 0.4) is 0 Å². The number of aromatic nitrogens is 4. The summed E-state index contributed by atoms with van der Waals surface area (Å²) in [5, 5.41) is 9.38. The van der Waals surface area contributed by atoms with Gasteiger partial charge in [-0.2, -0.15) is 10.2 Å². The van der Waals surface area contributed by atoms with Gasteiger partial charge in [-0.15, -0.1) is 0 Å². The van der Waals surface area contributed by atoms with Crippen LogP contribution in [0.4, 0.5) is 10.3 Å². The summed E-state index contributed by atoms with van der Waals surface area (Å²) < 4.78 is 16.9. The van der Waals surface area contributed by atoms with Crippen LogP contribution < -0.4 is 16.2 Å². The first-order valence-electron chi connectivity index (χ1n) is 9.09. The maximum Gasteiger partial charge on any atom is 0.281 e. The third kappa shape index (κ3) is 3.12. The summed E-state index contributed by atoms with van der Waals surface area (Å²) in [6.07, 6.45) is 3.34. The van der Waals surface area contributed by atoms with Gasteiger partial charge in [0.1, 0.15) is 5.82 Å². The molecule has 1 atom stereocenters. The first-order valence-corrected chi connectivity index (χ1v) is 9.09. The fourth-order valence-electron chi connectivity index (χ4n) is 3.67. The number of hydrogen-bond acceptors (Lipinski definition) is 6. The van der Waals surface area contributed by atoms with E-state index in [1.807, 2.05) is 4.90 Å². The number of aryl methyl sites for hydroxylation is 1. The number of fused-ring (bicyclic) bond motifs is 1. The molecule has 1 aromatic carbocycles. The van der Waals surface area contributed by atoms with Crippen LogP contribution in [0.25, 0.3) is 11.2 Å². The first-order chi connectivity index (χ1) is 13.5. The molecule has 3 heterocycles. The predicted octanol–water partition coefficient (Wildman–Crippen LogP) is 1.12. The molecule has 144 valence electrons. The van der Waals surface area contributed by atoms with E-state index in [0.717, 1.165) is 12.8 Å². The number of nitrogens with two attached hydrogens (primary N) is 1. The zero-order valence-corrected chi connectivity index (χ0v) is 15.5. The van der Waals surface area contributed by atoms with Crippen molar-refractivity contribution in [3.8, 4) is 6.07 Å². The van der Waals surface area contributed by atoms with E-state index in [4.69, 9.17) is 5.73 Å². The van der Waals surface area contributed by atoms with Crippen LogP contribution in [-0.2, 0) is 13.6 Å². The lowest BCUT2D eigenvalue weighted by Crippen LogP contribution is -2.45. The summed E-state index contributed by atoms with van der Waals surface area (Å²) in [6, 6.07) is 5.98. The standard InChI is InChI=1S/C19H20FN7O/c1-25-11-23-17-16(25)18(28)27(9-13-7-14(20)5-4-12(13)8-21)19(24-17)26-6-2-3-15(22)10-26/h4-5,7,11,15H,2-3,6,9-10,22H2,1H3/t15-/m1/s1. The Morgan fingerprint density at radius 3 is 3.00 bits per heavy atom. The van der Waals surface area contributed by atoms with Gasteiger partial charge in [-0.05, 0) is 36.6 Å². The molecule has 1 aliphatic rings. The molecule has 1 fully saturated rings. The Labute approximate surface area is 160 Å². The second kappa shape index (κ2) is 7.05. The molecule has 1 saturated heterocycles. The highest BCUT2D eigenvalue weighted by Crippen LogP contribution is 2.21. The highest BCUT2D eigenvalue weighted by Gasteiger charge is 2.24. The SMILES string of the molecule is Cn1cnc2nc(N3CCC[C@@H](N)C3)n(Cc3cc(F)ccc3C#N)c(=O)c21. The number of piperidine rings is 1. The van der Waals surface area contributed by atoms with Crippen molar-refractivity contribution in [3.05, 3.63) is 51.8 Å². The van der Waals surface area contributed by atoms with Gasteiger partial charge in [0.15, 0.2) is 11.2 Å². The number of anilines is 1. The van der Waals surface area contributed by atoms with Crippen LogP contribution in [0.5, 0.6) is 0 Å². The second-order valence-corrected chi connectivity index (χ2v) is 7.09. The van der Waals surface area contributed by atoms with Crippen LogP contribution in [0.2, 0.25) is 0 Å². The van der Waals surface area contributed by atoms with Crippen molar-refractivity contribution >= 4 is 17.1 Å². The first kappa shape index (κ1) is 18.1. The van der Waals surface area contributed by atoms with E-state index < -0.39 is 5.82 Å². The molecule has 0 amide bonds. The molecule has 0 radical (unpaired) electrons. The molecule has 2 aromatic heterocycles. The molecule has 0 bridgehead atoms. The van der Waals surface area contributed by atoms with Crippen molar-refractivity contribution < 1.29 is 4.39 Å². The summed E-state index contributed by atoms with van der Waals surface area (Å²) in [4.78, 5) is 24.1. The van der Waals surface area contributed by atoms with Crippen molar-refractivity contribution in [1.29, 1.82) is 5.26 Å². The Morgan fingerprint density at radius 1 is 1.43 bits per heavy atom. The maximum absolute atomic E-state index is 13.8. The van der Waals surface area contributed by atoms with Crippen LogP contribution in [-0.4, -0.2) is 38.2 Å². The van der Waals surface area contributed by atoms with Gasteiger partial charge >= 0.3 is 0 Å². The molecule has 0 spiro atoms. The van der Waals surface area contributed by atoms with Gasteiger partial charge in [0.25, 0.3) is 5.56 Å². The number of imidazole rings is 1. The summed E-state index contributed by atoms with van der Waals surface area (Å²) >= 11 is 0. The Hall–Kier alpha value is -3.25. The number of nitrogens with zero attached hydrogens (tertiary/aromatic N) is 6. The highest BCUT2D eigenvalue weighted by atomic mass is 19.1. The Bertz CT molecular complexity index is 1140. The molecule has 28 heavy (non-hydrogen) atoms. The Morgan fingerprint density at radius 2 is 2.25 bits per heavy atom. The minimum Gasteiger partial charge on any atom is -0.341 e. The van der Waals surface area contributed by atoms with Crippen molar-refractivity contribution in [2.75, 3.05) is 18.0 Å². The topological polar surface area (TPSA) is 106 Å². The van der Waals surface area contributed by atoms with Crippen molar-refractivity contribution in [3.63, 3.8) is 0 Å². The molecule has 1 aliphatic heterocycles. The number of hydrogen-bond donors (Lipinski definition) is 1. The van der Waals surface area contributed by atoms with E-state index in [9.17, 15) is 14.4 Å². The minimum atomic E-state index is -0.460. The van der Waals surface area contributed by atoms with Gasteiger partial charge in [-0.3, -0.25) is 9.36 Å². The molecule has 3 aromatic rings. The summed E-state index contributed by atoms with van der Waals surface area (Å²) in [7, 11) is 1.72. The highest BCUT2D eigenvalue weighted by molar-refractivity contribution is 5.71. The van der Waals surface area contributed by atoms with Gasteiger partial charge < -0.3 is 15.2 Å². The number of halogens is 1. The minimum absolute atomic E-state index is 0.0117. The molecule has 8 nitrogen and oxygen atoms in total. The quantitative estimate of drug-likeness (QED) is 0.729. The van der Waals surface area contributed by atoms with Gasteiger partial charge in [0.05, 0.1) is 24.5 Å². The largest absolute Gasteiger partial charge is 0.341 e. The van der Waals surface area contributed by atoms with Crippen molar-refractivity contribution in [2.45, 2.75) is 25.4 Å². The third-order valence-corrected chi connectivity index (χ3v) is 5.07. The zero-order chi connectivity index (χ0) is 19.8. The maximum atomic E-state index is 13.8. The van der Waals surface area contributed by atoms with E-state index >= 15 is 0 Å². The fraction of sp³-hybridized carbons (Fsp3) is 0.368. The van der Waals surface area contributed by atoms with Crippen LogP contribution in [0.15, 0.2) is 29.3 Å². The monoisotopic (exact) mass is 381 g/mol. The number of rotatable bonds is 3. The summed E-state index contributed by atoms with van der Waals surface area (Å²) in [5.74, 6) is -0.0161. The third-order valence-electron chi connectivity index (χ3n) is 5.07. The predicted molar refractivity (Wildman–Crippen MR) is 102 cm³/mol. The molecule has 0 saturated carbocycles. The van der Waals surface area contributed by atoms with Gasteiger partial charge in [-0.1, -0.05) is 0 Å². The van der Waals surface area contributed by atoms with E-state index in [1.165, 1.54) is 29.1 Å². The van der Waals surface area contributed by atoms with Crippen molar-refractivity contribution in [1.82, 2.24) is 19.1 Å². The lowest BCUT2D eigenvalue weighted by molar-refractivity contribution is 0.491.